The number of anilines is 1. The summed E-state index contributed by atoms with van der Waals surface area (Å²) >= 11 is 0. The van der Waals surface area contributed by atoms with E-state index in [9.17, 15) is 4.79 Å². The van der Waals surface area contributed by atoms with Gasteiger partial charge >= 0.3 is 0 Å². The number of benzene rings is 1. The van der Waals surface area contributed by atoms with E-state index in [4.69, 9.17) is 4.74 Å². The van der Waals surface area contributed by atoms with E-state index in [0.717, 1.165) is 5.69 Å². The maximum absolute atomic E-state index is 11.7. The van der Waals surface area contributed by atoms with E-state index in [-0.39, 0.29) is 5.91 Å². The van der Waals surface area contributed by atoms with Gasteiger partial charge in [-0.25, -0.2) is 0 Å². The summed E-state index contributed by atoms with van der Waals surface area (Å²) in [5, 5.41) is 3.08. The van der Waals surface area contributed by atoms with Gasteiger partial charge in [-0.2, -0.15) is 0 Å². The average Bonchev–Trinajstić information content (AvgIpc) is 2.37. The SMILES string of the molecule is CCOCCN(C)C(=O)CNc1ccccc1. The highest BCUT2D eigenvalue weighted by molar-refractivity contribution is 5.80. The number of nitrogens with zero attached hydrogens (tertiary/aromatic N) is 1. The molecule has 0 radical (unpaired) electrons. The van der Waals surface area contributed by atoms with Crippen LogP contribution in [0.25, 0.3) is 0 Å². The van der Waals surface area contributed by atoms with Crippen LogP contribution in [0.3, 0.4) is 0 Å². The van der Waals surface area contributed by atoms with Gasteiger partial charge < -0.3 is 15.0 Å². The van der Waals surface area contributed by atoms with Gasteiger partial charge in [0.25, 0.3) is 0 Å². The lowest BCUT2D eigenvalue weighted by Gasteiger charge is -2.17. The molecule has 1 N–H and O–H groups in total. The first kappa shape index (κ1) is 13.5. The molecule has 94 valence electrons. The molecule has 0 aliphatic heterocycles. The Morgan fingerprint density at radius 3 is 2.71 bits per heavy atom. The molecule has 0 heterocycles. The van der Waals surface area contributed by atoms with Gasteiger partial charge in [0.05, 0.1) is 13.2 Å². The van der Waals surface area contributed by atoms with Crippen LogP contribution >= 0.6 is 0 Å². The maximum Gasteiger partial charge on any atom is 0.241 e. The summed E-state index contributed by atoms with van der Waals surface area (Å²) in [6, 6.07) is 9.69. The van der Waals surface area contributed by atoms with Gasteiger partial charge in [0, 0.05) is 25.9 Å². The fraction of sp³-hybridized carbons (Fsp3) is 0.462. The summed E-state index contributed by atoms with van der Waals surface area (Å²) in [7, 11) is 1.79. The van der Waals surface area contributed by atoms with E-state index >= 15 is 0 Å². The molecule has 0 saturated heterocycles. The number of hydrogen-bond donors (Lipinski definition) is 1. The van der Waals surface area contributed by atoms with Crippen LogP contribution in [0.4, 0.5) is 5.69 Å². The van der Waals surface area contributed by atoms with E-state index < -0.39 is 0 Å². The third-order valence-corrected chi connectivity index (χ3v) is 2.42. The van der Waals surface area contributed by atoms with Crippen LogP contribution in [0.2, 0.25) is 0 Å². The summed E-state index contributed by atoms with van der Waals surface area (Å²) in [4.78, 5) is 13.4. The van der Waals surface area contributed by atoms with Crippen LogP contribution in [-0.4, -0.2) is 44.2 Å². The van der Waals surface area contributed by atoms with Gasteiger partial charge in [-0.3, -0.25) is 4.79 Å². The Hall–Kier alpha value is -1.55. The normalized spacial score (nSPS) is 10.0. The molecule has 1 aromatic rings. The number of ether oxygens (including phenoxy) is 1. The molecule has 0 aliphatic carbocycles. The quantitative estimate of drug-likeness (QED) is 0.731. The van der Waals surface area contributed by atoms with Gasteiger partial charge in [-0.1, -0.05) is 18.2 Å². The van der Waals surface area contributed by atoms with E-state index in [1.165, 1.54) is 0 Å². The summed E-state index contributed by atoms with van der Waals surface area (Å²) in [5.41, 5.74) is 0.957. The highest BCUT2D eigenvalue weighted by Crippen LogP contribution is 2.04. The minimum atomic E-state index is 0.0635. The second kappa shape index (κ2) is 7.68. The first-order valence-electron chi connectivity index (χ1n) is 5.84. The summed E-state index contributed by atoms with van der Waals surface area (Å²) in [6.45, 7) is 4.16. The Labute approximate surface area is 103 Å². The van der Waals surface area contributed by atoms with Crippen molar-refractivity contribution in [2.45, 2.75) is 6.92 Å². The standard InChI is InChI=1S/C13H20N2O2/c1-3-17-10-9-15(2)13(16)11-14-12-7-5-4-6-8-12/h4-8,14H,3,9-11H2,1-2H3. The van der Waals surface area contributed by atoms with E-state index in [1.807, 2.05) is 37.3 Å². The monoisotopic (exact) mass is 236 g/mol. The van der Waals surface area contributed by atoms with Gasteiger partial charge in [0.2, 0.25) is 5.91 Å². The lowest BCUT2D eigenvalue weighted by Crippen LogP contribution is -2.34. The van der Waals surface area contributed by atoms with Crippen LogP contribution in [0.1, 0.15) is 6.92 Å². The molecule has 0 aliphatic rings. The summed E-state index contributed by atoms with van der Waals surface area (Å²) < 4.78 is 5.20. The Morgan fingerprint density at radius 1 is 1.35 bits per heavy atom. The fourth-order valence-electron chi connectivity index (χ4n) is 1.34. The van der Waals surface area contributed by atoms with Crippen LogP contribution in [0.5, 0.6) is 0 Å². The number of carbonyl (C=O) groups is 1. The van der Waals surface area contributed by atoms with Crippen molar-refractivity contribution in [3.8, 4) is 0 Å². The van der Waals surface area contributed by atoms with Crippen LogP contribution in [0, 0.1) is 0 Å². The van der Waals surface area contributed by atoms with Gasteiger partial charge in [-0.05, 0) is 19.1 Å². The lowest BCUT2D eigenvalue weighted by molar-refractivity contribution is -0.128. The smallest absolute Gasteiger partial charge is 0.241 e. The number of carbonyl (C=O) groups excluding carboxylic acids is 1. The first-order valence-corrected chi connectivity index (χ1v) is 5.84. The Balaban J connectivity index is 2.24. The van der Waals surface area contributed by atoms with Gasteiger partial charge in [-0.15, -0.1) is 0 Å². The second-order valence-electron chi connectivity index (χ2n) is 3.73. The Bertz CT molecular complexity index is 327. The number of para-hydroxylation sites is 1. The molecule has 4 nitrogen and oxygen atoms in total. The highest BCUT2D eigenvalue weighted by Gasteiger charge is 2.07. The number of rotatable bonds is 7. The third kappa shape index (κ3) is 5.36. The molecule has 17 heavy (non-hydrogen) atoms. The largest absolute Gasteiger partial charge is 0.380 e. The lowest BCUT2D eigenvalue weighted by atomic mass is 10.3. The first-order chi connectivity index (χ1) is 8.24. The van der Waals surface area contributed by atoms with Crippen LogP contribution < -0.4 is 5.32 Å². The Morgan fingerprint density at radius 2 is 2.06 bits per heavy atom. The van der Waals surface area contributed by atoms with E-state index in [1.54, 1.807) is 11.9 Å². The van der Waals surface area contributed by atoms with Crippen molar-refractivity contribution in [2.24, 2.45) is 0 Å². The number of nitrogens with one attached hydrogen (secondary N) is 1. The van der Waals surface area contributed by atoms with Crippen molar-refractivity contribution in [3.05, 3.63) is 30.3 Å². The molecule has 0 atom stereocenters. The molecule has 1 rings (SSSR count). The van der Waals surface area contributed by atoms with Crippen molar-refractivity contribution in [2.75, 3.05) is 38.7 Å². The number of likely N-dealkylation sites (N-methyl/N-ethyl adjacent to an activating group) is 1. The highest BCUT2D eigenvalue weighted by atomic mass is 16.5. The van der Waals surface area contributed by atoms with E-state index in [2.05, 4.69) is 5.32 Å². The van der Waals surface area contributed by atoms with Gasteiger partial charge in [0.15, 0.2) is 0 Å². The van der Waals surface area contributed by atoms with E-state index in [0.29, 0.717) is 26.3 Å². The molecule has 0 unspecified atom stereocenters. The minimum Gasteiger partial charge on any atom is -0.380 e. The predicted molar refractivity (Wildman–Crippen MR) is 69.1 cm³/mol. The van der Waals surface area contributed by atoms with Crippen LogP contribution in [0.15, 0.2) is 30.3 Å². The zero-order valence-electron chi connectivity index (χ0n) is 10.5. The minimum absolute atomic E-state index is 0.0635. The molecule has 0 spiro atoms. The molecular formula is C13H20N2O2. The van der Waals surface area contributed by atoms with Gasteiger partial charge in [0.1, 0.15) is 0 Å². The zero-order chi connectivity index (χ0) is 12.5. The molecule has 1 amide bonds. The predicted octanol–water partition coefficient (Wildman–Crippen LogP) is 1.59. The molecule has 1 aromatic carbocycles. The average molecular weight is 236 g/mol. The topological polar surface area (TPSA) is 41.6 Å². The molecule has 4 heteroatoms. The molecule has 0 fully saturated rings. The molecular weight excluding hydrogens is 216 g/mol. The molecule has 0 aromatic heterocycles. The Kier molecular flexibility index (Phi) is 6.10. The van der Waals surface area contributed by atoms with Crippen LogP contribution in [-0.2, 0) is 9.53 Å². The second-order valence-corrected chi connectivity index (χ2v) is 3.73. The molecule has 0 bridgehead atoms. The number of amides is 1. The summed E-state index contributed by atoms with van der Waals surface area (Å²) in [5.74, 6) is 0.0635. The molecule has 0 saturated carbocycles. The maximum atomic E-state index is 11.7. The van der Waals surface area contributed by atoms with Crippen molar-refractivity contribution in [1.29, 1.82) is 0 Å². The van der Waals surface area contributed by atoms with Crippen molar-refractivity contribution >= 4 is 11.6 Å². The zero-order valence-corrected chi connectivity index (χ0v) is 10.5. The van der Waals surface area contributed by atoms with Crippen molar-refractivity contribution < 1.29 is 9.53 Å². The third-order valence-electron chi connectivity index (χ3n) is 2.42. The summed E-state index contributed by atoms with van der Waals surface area (Å²) in [6.07, 6.45) is 0. The van der Waals surface area contributed by atoms with Crippen molar-refractivity contribution in [3.63, 3.8) is 0 Å². The van der Waals surface area contributed by atoms with Crippen molar-refractivity contribution in [1.82, 2.24) is 4.90 Å². The number of hydrogen-bond acceptors (Lipinski definition) is 3. The fourth-order valence-corrected chi connectivity index (χ4v) is 1.34.